The molecule has 1 aliphatic heterocycles. The van der Waals surface area contributed by atoms with Crippen LogP contribution in [-0.2, 0) is 9.53 Å². The number of hydrogen-bond acceptors (Lipinski definition) is 3. The van der Waals surface area contributed by atoms with Gasteiger partial charge in [-0.1, -0.05) is 32.1 Å². The van der Waals surface area contributed by atoms with Gasteiger partial charge in [-0.2, -0.15) is 0 Å². The van der Waals surface area contributed by atoms with Gasteiger partial charge in [0, 0.05) is 6.42 Å². The molecule has 98 valence electrons. The molecule has 1 N–H and O–H groups in total. The van der Waals surface area contributed by atoms with Crippen LogP contribution in [0.1, 0.15) is 44.9 Å². The third-order valence-electron chi connectivity index (χ3n) is 4.48. The van der Waals surface area contributed by atoms with Gasteiger partial charge in [0.05, 0.1) is 7.11 Å². The first-order chi connectivity index (χ1) is 8.29. The molecule has 2 aliphatic rings. The van der Waals surface area contributed by atoms with Crippen LogP contribution in [0.15, 0.2) is 0 Å². The molecule has 3 nitrogen and oxygen atoms in total. The molecule has 1 aliphatic carbocycles. The van der Waals surface area contributed by atoms with Crippen molar-refractivity contribution in [2.24, 2.45) is 17.8 Å². The lowest BCUT2D eigenvalue weighted by molar-refractivity contribution is -0.142. The molecule has 1 saturated carbocycles. The normalized spacial score (nSPS) is 31.1. The van der Waals surface area contributed by atoms with Gasteiger partial charge >= 0.3 is 5.97 Å². The number of ether oxygens (including phenoxy) is 1. The molecule has 0 aromatic carbocycles. The van der Waals surface area contributed by atoms with Gasteiger partial charge in [0.2, 0.25) is 0 Å². The van der Waals surface area contributed by atoms with Crippen LogP contribution in [0.5, 0.6) is 0 Å². The molecule has 3 heteroatoms. The molecule has 2 fully saturated rings. The summed E-state index contributed by atoms with van der Waals surface area (Å²) in [7, 11) is 1.48. The fourth-order valence-electron chi connectivity index (χ4n) is 3.51. The summed E-state index contributed by atoms with van der Waals surface area (Å²) in [5.41, 5.74) is 0. The number of esters is 1. The third-order valence-corrected chi connectivity index (χ3v) is 4.48. The number of methoxy groups -OCH3 is 1. The molecular formula is C14H25NO2. The lowest BCUT2D eigenvalue weighted by atomic mass is 9.74. The van der Waals surface area contributed by atoms with Crippen molar-refractivity contribution >= 4 is 5.97 Å². The van der Waals surface area contributed by atoms with Crippen LogP contribution in [0, 0.1) is 17.8 Å². The summed E-state index contributed by atoms with van der Waals surface area (Å²) in [6, 6.07) is 0. The van der Waals surface area contributed by atoms with Crippen molar-refractivity contribution in [2.45, 2.75) is 44.9 Å². The van der Waals surface area contributed by atoms with E-state index in [-0.39, 0.29) is 5.97 Å². The second-order valence-electron chi connectivity index (χ2n) is 5.70. The Hall–Kier alpha value is -0.570. The van der Waals surface area contributed by atoms with Gasteiger partial charge in [-0.3, -0.25) is 4.79 Å². The van der Waals surface area contributed by atoms with E-state index in [4.69, 9.17) is 4.74 Å². The number of hydrogen-bond donors (Lipinski definition) is 1. The number of nitrogens with one attached hydrogen (secondary N) is 1. The van der Waals surface area contributed by atoms with E-state index in [2.05, 4.69) is 5.32 Å². The molecule has 2 rings (SSSR count). The van der Waals surface area contributed by atoms with E-state index in [1.165, 1.54) is 45.6 Å². The van der Waals surface area contributed by atoms with Crippen molar-refractivity contribution in [3.05, 3.63) is 0 Å². The molecule has 2 unspecified atom stereocenters. The third kappa shape index (κ3) is 3.70. The Bertz CT molecular complexity index is 249. The Morgan fingerprint density at radius 3 is 2.65 bits per heavy atom. The fourth-order valence-corrected chi connectivity index (χ4v) is 3.51. The summed E-state index contributed by atoms with van der Waals surface area (Å²) >= 11 is 0. The first-order valence-corrected chi connectivity index (χ1v) is 7.07. The van der Waals surface area contributed by atoms with E-state index in [1.807, 2.05) is 0 Å². The zero-order chi connectivity index (χ0) is 12.1. The van der Waals surface area contributed by atoms with E-state index in [9.17, 15) is 4.79 Å². The molecule has 0 radical (unpaired) electrons. The first-order valence-electron chi connectivity index (χ1n) is 7.07. The zero-order valence-electron chi connectivity index (χ0n) is 10.9. The minimum absolute atomic E-state index is 0.0545. The summed E-state index contributed by atoms with van der Waals surface area (Å²) in [5, 5.41) is 3.50. The van der Waals surface area contributed by atoms with Crippen LogP contribution < -0.4 is 5.32 Å². The van der Waals surface area contributed by atoms with Crippen molar-refractivity contribution in [2.75, 3.05) is 20.2 Å². The second kappa shape index (κ2) is 6.39. The molecule has 17 heavy (non-hydrogen) atoms. The molecule has 2 atom stereocenters. The highest BCUT2D eigenvalue weighted by Gasteiger charge is 2.30. The number of carbonyl (C=O) groups excluding carboxylic acids is 1. The highest BCUT2D eigenvalue weighted by atomic mass is 16.5. The van der Waals surface area contributed by atoms with Gasteiger partial charge in [0.25, 0.3) is 0 Å². The largest absolute Gasteiger partial charge is 0.469 e. The lowest BCUT2D eigenvalue weighted by Gasteiger charge is -2.36. The smallest absolute Gasteiger partial charge is 0.305 e. The van der Waals surface area contributed by atoms with Crippen molar-refractivity contribution in [1.82, 2.24) is 5.32 Å². The minimum atomic E-state index is -0.0545. The van der Waals surface area contributed by atoms with Crippen LogP contribution in [0.3, 0.4) is 0 Å². The van der Waals surface area contributed by atoms with Crippen molar-refractivity contribution in [1.29, 1.82) is 0 Å². The maximum Gasteiger partial charge on any atom is 0.305 e. The van der Waals surface area contributed by atoms with Crippen LogP contribution in [0.4, 0.5) is 0 Å². The van der Waals surface area contributed by atoms with Crippen LogP contribution in [0.25, 0.3) is 0 Å². The highest BCUT2D eigenvalue weighted by molar-refractivity contribution is 5.69. The average molecular weight is 239 g/mol. The average Bonchev–Trinajstić information content (AvgIpc) is 2.40. The van der Waals surface area contributed by atoms with Crippen LogP contribution in [-0.4, -0.2) is 26.2 Å². The van der Waals surface area contributed by atoms with Gasteiger partial charge in [0.1, 0.15) is 0 Å². The van der Waals surface area contributed by atoms with Gasteiger partial charge in [-0.05, 0) is 37.3 Å². The Labute approximate surface area is 104 Å². The Kier molecular flexibility index (Phi) is 4.84. The standard InChI is InChI=1S/C14H25NO2/c1-17-14(16)8-11-7-13(10-15-9-11)12-5-3-2-4-6-12/h11-13,15H,2-10H2,1H3. The van der Waals surface area contributed by atoms with Gasteiger partial charge in [-0.25, -0.2) is 0 Å². The zero-order valence-corrected chi connectivity index (χ0v) is 10.9. The topological polar surface area (TPSA) is 38.3 Å². The molecule has 0 bridgehead atoms. The minimum Gasteiger partial charge on any atom is -0.469 e. The van der Waals surface area contributed by atoms with Crippen LogP contribution >= 0.6 is 0 Å². The van der Waals surface area contributed by atoms with Gasteiger partial charge < -0.3 is 10.1 Å². The molecular weight excluding hydrogens is 214 g/mol. The predicted molar refractivity (Wildman–Crippen MR) is 67.7 cm³/mol. The molecule has 0 spiro atoms. The first kappa shape index (κ1) is 12.9. The SMILES string of the molecule is COC(=O)CC1CNCC(C2CCCCC2)C1. The number of carbonyl (C=O) groups is 1. The Balaban J connectivity index is 1.81. The maximum absolute atomic E-state index is 11.3. The lowest BCUT2D eigenvalue weighted by Crippen LogP contribution is -2.40. The Morgan fingerprint density at radius 2 is 1.94 bits per heavy atom. The summed E-state index contributed by atoms with van der Waals surface area (Å²) < 4.78 is 4.77. The summed E-state index contributed by atoms with van der Waals surface area (Å²) in [4.78, 5) is 11.3. The van der Waals surface area contributed by atoms with E-state index in [0.717, 1.165) is 24.9 Å². The van der Waals surface area contributed by atoms with Crippen LogP contribution in [0.2, 0.25) is 0 Å². The summed E-state index contributed by atoms with van der Waals surface area (Å²) in [5.74, 6) is 2.12. The number of rotatable bonds is 3. The molecule has 1 heterocycles. The van der Waals surface area contributed by atoms with Crippen molar-refractivity contribution in [3.63, 3.8) is 0 Å². The van der Waals surface area contributed by atoms with Gasteiger partial charge in [0.15, 0.2) is 0 Å². The van der Waals surface area contributed by atoms with Crippen molar-refractivity contribution < 1.29 is 9.53 Å². The molecule has 0 aromatic rings. The monoisotopic (exact) mass is 239 g/mol. The van der Waals surface area contributed by atoms with E-state index >= 15 is 0 Å². The van der Waals surface area contributed by atoms with E-state index in [1.54, 1.807) is 0 Å². The summed E-state index contributed by atoms with van der Waals surface area (Å²) in [6.07, 6.45) is 8.84. The maximum atomic E-state index is 11.3. The Morgan fingerprint density at radius 1 is 1.18 bits per heavy atom. The predicted octanol–water partition coefficient (Wildman–Crippen LogP) is 2.36. The fraction of sp³-hybridized carbons (Fsp3) is 0.929. The number of piperidine rings is 1. The second-order valence-corrected chi connectivity index (χ2v) is 5.70. The quantitative estimate of drug-likeness (QED) is 0.768. The van der Waals surface area contributed by atoms with Crippen molar-refractivity contribution in [3.8, 4) is 0 Å². The molecule has 1 saturated heterocycles. The highest BCUT2D eigenvalue weighted by Crippen LogP contribution is 2.35. The van der Waals surface area contributed by atoms with Gasteiger partial charge in [-0.15, -0.1) is 0 Å². The van der Waals surface area contributed by atoms with E-state index in [0.29, 0.717) is 12.3 Å². The van der Waals surface area contributed by atoms with E-state index < -0.39 is 0 Å². The summed E-state index contributed by atoms with van der Waals surface area (Å²) in [6.45, 7) is 2.14. The molecule has 0 amide bonds. The molecule has 0 aromatic heterocycles.